The Labute approximate surface area is 240 Å². The Morgan fingerprint density at radius 2 is 1.60 bits per heavy atom. The van der Waals surface area contributed by atoms with Gasteiger partial charge in [0, 0.05) is 34.1 Å². The van der Waals surface area contributed by atoms with Crippen molar-refractivity contribution >= 4 is 40.2 Å². The summed E-state index contributed by atoms with van der Waals surface area (Å²) >= 11 is 6.31. The summed E-state index contributed by atoms with van der Waals surface area (Å²) in [5.74, 6) is -1.44. The fourth-order valence-electron chi connectivity index (χ4n) is 5.09. The standard InChI is InChI=1S/C33H35ClN2O4/c1-3-5-22-9-14-28(15-10-22)36-29-16-13-27(34)20-26(29)21-30(36)32(39)25(6-4-2)19-23-7-11-24(12-8-23)33(40)35-18-17-31(37)38/h7-16,20-21,25H,3-6,17-19H2,1-2H3,(H,35,40)(H,37,38). The Morgan fingerprint density at radius 1 is 0.900 bits per heavy atom. The van der Waals surface area contributed by atoms with Crippen LogP contribution in [0.15, 0.2) is 72.8 Å². The number of carbonyl (C=O) groups excluding carboxylic acids is 2. The van der Waals surface area contributed by atoms with E-state index in [-0.39, 0.29) is 30.6 Å². The molecule has 7 heteroatoms. The molecule has 0 radical (unpaired) electrons. The third kappa shape index (κ3) is 6.99. The lowest BCUT2D eigenvalue weighted by Gasteiger charge is -2.18. The lowest BCUT2D eigenvalue weighted by Crippen LogP contribution is -2.26. The fraction of sp³-hybridized carbons (Fsp3) is 0.303. The van der Waals surface area contributed by atoms with Crippen LogP contribution in [-0.2, 0) is 17.6 Å². The molecule has 1 heterocycles. The maximum absolute atomic E-state index is 14.1. The number of ketones is 1. The van der Waals surface area contributed by atoms with Gasteiger partial charge in [-0.2, -0.15) is 0 Å². The van der Waals surface area contributed by atoms with E-state index >= 15 is 0 Å². The quantitative estimate of drug-likeness (QED) is 0.169. The molecule has 0 aliphatic rings. The van der Waals surface area contributed by atoms with Crippen LogP contribution in [0.2, 0.25) is 5.02 Å². The predicted octanol–water partition coefficient (Wildman–Crippen LogP) is 7.28. The monoisotopic (exact) mass is 558 g/mol. The van der Waals surface area contributed by atoms with Gasteiger partial charge in [-0.05, 0) is 78.9 Å². The smallest absolute Gasteiger partial charge is 0.305 e. The van der Waals surface area contributed by atoms with Gasteiger partial charge in [0.15, 0.2) is 5.78 Å². The first kappa shape index (κ1) is 29.1. The summed E-state index contributed by atoms with van der Waals surface area (Å²) in [7, 11) is 0. The molecule has 1 amide bonds. The van der Waals surface area contributed by atoms with E-state index in [0.29, 0.717) is 22.7 Å². The van der Waals surface area contributed by atoms with Gasteiger partial charge in [-0.15, -0.1) is 0 Å². The van der Waals surface area contributed by atoms with E-state index in [1.165, 1.54) is 5.56 Å². The Hall–Kier alpha value is -3.90. The van der Waals surface area contributed by atoms with Gasteiger partial charge in [0.05, 0.1) is 17.6 Å². The number of aromatic nitrogens is 1. The van der Waals surface area contributed by atoms with E-state index in [4.69, 9.17) is 16.7 Å². The molecular weight excluding hydrogens is 524 g/mol. The maximum Gasteiger partial charge on any atom is 0.305 e. The van der Waals surface area contributed by atoms with Crippen molar-refractivity contribution in [1.29, 1.82) is 0 Å². The van der Waals surface area contributed by atoms with Crippen LogP contribution in [0, 0.1) is 5.92 Å². The maximum atomic E-state index is 14.1. The molecule has 0 spiro atoms. The Balaban J connectivity index is 1.61. The molecule has 0 aliphatic carbocycles. The summed E-state index contributed by atoms with van der Waals surface area (Å²) < 4.78 is 2.04. The number of nitrogens with one attached hydrogen (secondary N) is 1. The molecular formula is C33H35ClN2O4. The molecule has 2 N–H and O–H groups in total. The van der Waals surface area contributed by atoms with E-state index < -0.39 is 5.97 Å². The molecule has 40 heavy (non-hydrogen) atoms. The van der Waals surface area contributed by atoms with Crippen LogP contribution in [0.25, 0.3) is 16.6 Å². The van der Waals surface area contributed by atoms with Crippen molar-refractivity contribution in [2.45, 2.75) is 52.4 Å². The van der Waals surface area contributed by atoms with Crippen LogP contribution < -0.4 is 5.32 Å². The van der Waals surface area contributed by atoms with Crippen LogP contribution in [0.3, 0.4) is 0 Å². The van der Waals surface area contributed by atoms with Crippen molar-refractivity contribution in [3.05, 3.63) is 100 Å². The van der Waals surface area contributed by atoms with Crippen molar-refractivity contribution in [3.63, 3.8) is 0 Å². The molecule has 1 unspecified atom stereocenters. The number of aliphatic carboxylic acids is 1. The number of carbonyl (C=O) groups is 3. The molecule has 4 aromatic rings. The molecule has 1 atom stereocenters. The number of rotatable bonds is 13. The average molecular weight is 559 g/mol. The van der Waals surface area contributed by atoms with Crippen LogP contribution in [-0.4, -0.2) is 33.9 Å². The van der Waals surface area contributed by atoms with Gasteiger partial charge in [-0.1, -0.05) is 62.6 Å². The molecule has 3 aromatic carbocycles. The minimum absolute atomic E-state index is 0.0716. The number of nitrogens with zero attached hydrogens (tertiary/aromatic N) is 1. The highest BCUT2D eigenvalue weighted by molar-refractivity contribution is 6.31. The minimum Gasteiger partial charge on any atom is -0.481 e. The van der Waals surface area contributed by atoms with Gasteiger partial charge in [0.25, 0.3) is 5.91 Å². The molecule has 0 fully saturated rings. The second kappa shape index (κ2) is 13.4. The van der Waals surface area contributed by atoms with Crippen LogP contribution in [0.5, 0.6) is 0 Å². The number of halogens is 1. The van der Waals surface area contributed by atoms with Crippen molar-refractivity contribution in [2.75, 3.05) is 6.54 Å². The molecule has 1 aromatic heterocycles. The zero-order valence-electron chi connectivity index (χ0n) is 23.0. The van der Waals surface area contributed by atoms with Gasteiger partial charge in [-0.25, -0.2) is 0 Å². The lowest BCUT2D eigenvalue weighted by molar-refractivity contribution is -0.136. The first-order chi connectivity index (χ1) is 19.3. The summed E-state index contributed by atoms with van der Waals surface area (Å²) in [5, 5.41) is 12.9. The average Bonchev–Trinajstić information content (AvgIpc) is 3.31. The topological polar surface area (TPSA) is 88.4 Å². The second-order valence-corrected chi connectivity index (χ2v) is 10.6. The highest BCUT2D eigenvalue weighted by Crippen LogP contribution is 2.30. The summed E-state index contributed by atoms with van der Waals surface area (Å²) in [4.78, 5) is 37.2. The molecule has 0 aliphatic heterocycles. The Kier molecular flexibility index (Phi) is 9.78. The summed E-state index contributed by atoms with van der Waals surface area (Å²) in [5.41, 5.74) is 5.19. The molecule has 0 saturated heterocycles. The van der Waals surface area contributed by atoms with Crippen molar-refractivity contribution in [3.8, 4) is 5.69 Å². The number of carboxylic acids is 1. The van der Waals surface area contributed by atoms with Gasteiger partial charge in [0.1, 0.15) is 0 Å². The first-order valence-corrected chi connectivity index (χ1v) is 14.2. The van der Waals surface area contributed by atoms with Gasteiger partial charge < -0.3 is 15.0 Å². The number of Topliss-reactive ketones (excluding diaryl/α,β-unsaturated/α-hetero) is 1. The fourth-order valence-corrected chi connectivity index (χ4v) is 5.27. The first-order valence-electron chi connectivity index (χ1n) is 13.8. The van der Waals surface area contributed by atoms with Crippen LogP contribution in [0.4, 0.5) is 0 Å². The SMILES string of the molecule is CCCc1ccc(-n2c(C(=O)C(CCC)Cc3ccc(C(=O)NCCC(=O)O)cc3)cc3cc(Cl)ccc32)cc1. The number of fused-ring (bicyclic) bond motifs is 1. The minimum atomic E-state index is -0.960. The highest BCUT2D eigenvalue weighted by atomic mass is 35.5. The molecule has 4 rings (SSSR count). The number of hydrogen-bond acceptors (Lipinski definition) is 3. The van der Waals surface area contributed by atoms with E-state index in [2.05, 4.69) is 43.4 Å². The zero-order chi connectivity index (χ0) is 28.6. The predicted molar refractivity (Wildman–Crippen MR) is 160 cm³/mol. The highest BCUT2D eigenvalue weighted by Gasteiger charge is 2.25. The molecule has 0 bridgehead atoms. The number of carboxylic acid groups (broad SMARTS) is 1. The van der Waals surface area contributed by atoms with Crippen molar-refractivity contribution < 1.29 is 19.5 Å². The Bertz CT molecular complexity index is 1490. The van der Waals surface area contributed by atoms with Gasteiger partial charge in [-0.3, -0.25) is 14.4 Å². The number of hydrogen-bond donors (Lipinski definition) is 2. The lowest BCUT2D eigenvalue weighted by atomic mass is 9.89. The third-order valence-electron chi connectivity index (χ3n) is 7.08. The Morgan fingerprint density at radius 3 is 2.25 bits per heavy atom. The van der Waals surface area contributed by atoms with E-state index in [0.717, 1.165) is 47.8 Å². The van der Waals surface area contributed by atoms with Gasteiger partial charge in [0.2, 0.25) is 0 Å². The van der Waals surface area contributed by atoms with E-state index in [1.807, 2.05) is 41.0 Å². The number of benzene rings is 3. The number of amides is 1. The summed E-state index contributed by atoms with van der Waals surface area (Å²) in [6, 6.07) is 23.2. The van der Waals surface area contributed by atoms with Crippen LogP contribution >= 0.6 is 11.6 Å². The number of aryl methyl sites for hydroxylation is 1. The summed E-state index contributed by atoms with van der Waals surface area (Å²) in [6.07, 6.45) is 4.09. The van der Waals surface area contributed by atoms with E-state index in [9.17, 15) is 14.4 Å². The van der Waals surface area contributed by atoms with Crippen molar-refractivity contribution in [2.24, 2.45) is 5.92 Å². The zero-order valence-corrected chi connectivity index (χ0v) is 23.7. The second-order valence-electron chi connectivity index (χ2n) is 10.1. The summed E-state index contributed by atoms with van der Waals surface area (Å²) in [6.45, 7) is 4.31. The largest absolute Gasteiger partial charge is 0.481 e. The molecule has 6 nitrogen and oxygen atoms in total. The van der Waals surface area contributed by atoms with E-state index in [1.54, 1.807) is 12.1 Å². The molecule has 0 saturated carbocycles. The normalized spacial score (nSPS) is 11.9. The van der Waals surface area contributed by atoms with Gasteiger partial charge >= 0.3 is 5.97 Å². The van der Waals surface area contributed by atoms with Crippen molar-refractivity contribution in [1.82, 2.24) is 9.88 Å². The molecule has 208 valence electrons. The third-order valence-corrected chi connectivity index (χ3v) is 7.31. The van der Waals surface area contributed by atoms with Crippen LogP contribution in [0.1, 0.15) is 71.5 Å².